The molecule has 26 heavy (non-hydrogen) atoms. The zero-order chi connectivity index (χ0) is 18.4. The minimum Gasteiger partial charge on any atom is -0.486 e. The Balaban J connectivity index is 1.68. The number of nitrogens with one attached hydrogen (secondary N) is 1. The van der Waals surface area contributed by atoms with E-state index in [2.05, 4.69) is 11.4 Å². The number of anilines is 1. The van der Waals surface area contributed by atoms with E-state index >= 15 is 0 Å². The monoisotopic (exact) mass is 388 g/mol. The standard InChI is InChI=1S/C19H17ClN2O3S/c20-14-10-13(11-16-19(14)25-8-7-24-16)12-18(23)22-15-4-1-2-5-17(15)26-9-3-6-21/h1-2,4-5,10-11H,3,7-9,12H2,(H,22,23). The molecule has 0 aromatic heterocycles. The second-order valence-electron chi connectivity index (χ2n) is 5.58. The predicted octanol–water partition coefficient (Wildman–Crippen LogP) is 4.30. The number of carbonyl (C=O) groups excluding carboxylic acids is 1. The summed E-state index contributed by atoms with van der Waals surface area (Å²) in [6.45, 7) is 0.930. The van der Waals surface area contributed by atoms with Gasteiger partial charge in [0, 0.05) is 17.1 Å². The number of hydrogen-bond donors (Lipinski definition) is 1. The summed E-state index contributed by atoms with van der Waals surface area (Å²) in [6.07, 6.45) is 0.635. The summed E-state index contributed by atoms with van der Waals surface area (Å²) in [5.41, 5.74) is 1.50. The minimum absolute atomic E-state index is 0.147. The molecule has 7 heteroatoms. The van der Waals surface area contributed by atoms with Gasteiger partial charge in [-0.2, -0.15) is 5.26 Å². The fourth-order valence-electron chi connectivity index (χ4n) is 2.55. The van der Waals surface area contributed by atoms with E-state index in [0.717, 1.165) is 16.1 Å². The van der Waals surface area contributed by atoms with Gasteiger partial charge < -0.3 is 14.8 Å². The van der Waals surface area contributed by atoms with E-state index < -0.39 is 0 Å². The number of amides is 1. The topological polar surface area (TPSA) is 71.4 Å². The highest BCUT2D eigenvalue weighted by molar-refractivity contribution is 7.99. The lowest BCUT2D eigenvalue weighted by atomic mass is 10.1. The first-order valence-corrected chi connectivity index (χ1v) is 9.50. The van der Waals surface area contributed by atoms with Crippen molar-refractivity contribution in [1.29, 1.82) is 5.26 Å². The number of benzene rings is 2. The molecule has 1 amide bonds. The molecule has 3 rings (SSSR count). The van der Waals surface area contributed by atoms with Gasteiger partial charge in [-0.3, -0.25) is 4.79 Å². The van der Waals surface area contributed by atoms with Crippen molar-refractivity contribution < 1.29 is 14.3 Å². The molecule has 0 saturated heterocycles. The molecule has 0 fully saturated rings. The number of halogens is 1. The maximum absolute atomic E-state index is 12.5. The Bertz CT molecular complexity index is 851. The van der Waals surface area contributed by atoms with Crippen molar-refractivity contribution in [2.75, 3.05) is 24.3 Å². The van der Waals surface area contributed by atoms with Crippen molar-refractivity contribution >= 4 is 35.0 Å². The number of nitrogens with zero attached hydrogens (tertiary/aromatic N) is 1. The van der Waals surface area contributed by atoms with Crippen LogP contribution in [-0.4, -0.2) is 24.9 Å². The zero-order valence-corrected chi connectivity index (χ0v) is 15.5. The van der Waals surface area contributed by atoms with Gasteiger partial charge in [-0.1, -0.05) is 23.7 Å². The molecule has 1 N–H and O–H groups in total. The van der Waals surface area contributed by atoms with Crippen molar-refractivity contribution in [3.05, 3.63) is 47.0 Å². The lowest BCUT2D eigenvalue weighted by molar-refractivity contribution is -0.115. The van der Waals surface area contributed by atoms with Gasteiger partial charge >= 0.3 is 0 Å². The molecular formula is C19H17ClN2O3S. The molecular weight excluding hydrogens is 372 g/mol. The first kappa shape index (κ1) is 18.4. The van der Waals surface area contributed by atoms with Crippen molar-refractivity contribution in [3.63, 3.8) is 0 Å². The Hall–Kier alpha value is -2.36. The van der Waals surface area contributed by atoms with Gasteiger partial charge in [0.15, 0.2) is 11.5 Å². The van der Waals surface area contributed by atoms with E-state index in [4.69, 9.17) is 26.3 Å². The summed E-state index contributed by atoms with van der Waals surface area (Å²) >= 11 is 7.77. The van der Waals surface area contributed by atoms with Crippen LogP contribution in [0.25, 0.3) is 0 Å². The Morgan fingerprint density at radius 2 is 2.08 bits per heavy atom. The molecule has 0 bridgehead atoms. The summed E-state index contributed by atoms with van der Waals surface area (Å²) in [5.74, 6) is 1.63. The molecule has 2 aromatic carbocycles. The Morgan fingerprint density at radius 3 is 2.92 bits per heavy atom. The van der Waals surface area contributed by atoms with Gasteiger partial charge in [-0.25, -0.2) is 0 Å². The van der Waals surface area contributed by atoms with Crippen LogP contribution in [0.3, 0.4) is 0 Å². The highest BCUT2D eigenvalue weighted by atomic mass is 35.5. The van der Waals surface area contributed by atoms with E-state index in [1.165, 1.54) is 0 Å². The number of thioether (sulfide) groups is 1. The fraction of sp³-hybridized carbons (Fsp3) is 0.263. The third-order valence-electron chi connectivity index (χ3n) is 3.65. The molecule has 1 aliphatic heterocycles. The summed E-state index contributed by atoms with van der Waals surface area (Å²) in [7, 11) is 0. The average Bonchev–Trinajstić information content (AvgIpc) is 2.63. The maximum Gasteiger partial charge on any atom is 0.228 e. The second kappa shape index (κ2) is 8.84. The molecule has 1 heterocycles. The zero-order valence-electron chi connectivity index (χ0n) is 14.0. The molecule has 1 aliphatic rings. The molecule has 0 atom stereocenters. The third kappa shape index (κ3) is 4.63. The smallest absolute Gasteiger partial charge is 0.228 e. The second-order valence-corrected chi connectivity index (χ2v) is 7.12. The predicted molar refractivity (Wildman–Crippen MR) is 102 cm³/mol. The number of para-hydroxylation sites is 1. The van der Waals surface area contributed by atoms with Crippen LogP contribution < -0.4 is 14.8 Å². The molecule has 0 saturated carbocycles. The van der Waals surface area contributed by atoms with Crippen LogP contribution in [0.1, 0.15) is 12.0 Å². The third-order valence-corrected chi connectivity index (χ3v) is 5.01. The molecule has 2 aromatic rings. The summed E-state index contributed by atoms with van der Waals surface area (Å²) in [5, 5.41) is 12.0. The number of ether oxygens (including phenoxy) is 2. The van der Waals surface area contributed by atoms with Crippen LogP contribution in [0, 0.1) is 11.3 Å². The van der Waals surface area contributed by atoms with Crippen LogP contribution in [0.2, 0.25) is 5.02 Å². The highest BCUT2D eigenvalue weighted by Gasteiger charge is 2.18. The lowest BCUT2D eigenvalue weighted by Crippen LogP contribution is -2.17. The van der Waals surface area contributed by atoms with Gasteiger partial charge in [0.25, 0.3) is 0 Å². The van der Waals surface area contributed by atoms with E-state index in [-0.39, 0.29) is 12.3 Å². The van der Waals surface area contributed by atoms with Crippen molar-refractivity contribution in [2.24, 2.45) is 0 Å². The van der Waals surface area contributed by atoms with Gasteiger partial charge in [0.1, 0.15) is 13.2 Å². The van der Waals surface area contributed by atoms with E-state index in [0.29, 0.717) is 41.9 Å². The number of hydrogen-bond acceptors (Lipinski definition) is 5. The average molecular weight is 389 g/mol. The Labute approximate surface area is 161 Å². The van der Waals surface area contributed by atoms with Gasteiger partial charge in [0.2, 0.25) is 5.91 Å². The Kier molecular flexibility index (Phi) is 6.26. The fourth-order valence-corrected chi connectivity index (χ4v) is 3.70. The SMILES string of the molecule is N#CCCSc1ccccc1NC(=O)Cc1cc(Cl)c2c(c1)OCCO2. The molecule has 134 valence electrons. The quantitative estimate of drug-likeness (QED) is 0.590. The molecule has 0 spiro atoms. The lowest BCUT2D eigenvalue weighted by Gasteiger charge is -2.20. The minimum atomic E-state index is -0.147. The van der Waals surface area contributed by atoms with Crippen molar-refractivity contribution in [2.45, 2.75) is 17.7 Å². The van der Waals surface area contributed by atoms with E-state index in [9.17, 15) is 4.79 Å². The van der Waals surface area contributed by atoms with Crippen molar-refractivity contribution in [3.8, 4) is 17.6 Å². The highest BCUT2D eigenvalue weighted by Crippen LogP contribution is 2.38. The summed E-state index contributed by atoms with van der Waals surface area (Å²) < 4.78 is 11.0. The molecule has 5 nitrogen and oxygen atoms in total. The first-order chi connectivity index (χ1) is 12.7. The van der Waals surface area contributed by atoms with Crippen LogP contribution in [0.15, 0.2) is 41.3 Å². The number of nitriles is 1. The number of fused-ring (bicyclic) bond motifs is 1. The number of carbonyl (C=O) groups is 1. The first-order valence-electron chi connectivity index (χ1n) is 8.14. The van der Waals surface area contributed by atoms with Crippen LogP contribution >= 0.6 is 23.4 Å². The number of rotatable bonds is 6. The maximum atomic E-state index is 12.5. The Morgan fingerprint density at radius 1 is 1.27 bits per heavy atom. The van der Waals surface area contributed by atoms with Gasteiger partial charge in [-0.15, -0.1) is 11.8 Å². The van der Waals surface area contributed by atoms with E-state index in [1.807, 2.05) is 24.3 Å². The largest absolute Gasteiger partial charge is 0.486 e. The molecule has 0 unspecified atom stereocenters. The normalized spacial score (nSPS) is 12.3. The van der Waals surface area contributed by atoms with Crippen LogP contribution in [0.5, 0.6) is 11.5 Å². The van der Waals surface area contributed by atoms with Crippen LogP contribution in [0.4, 0.5) is 5.69 Å². The summed E-state index contributed by atoms with van der Waals surface area (Å²) in [6, 6.07) is 13.2. The molecule has 0 aliphatic carbocycles. The van der Waals surface area contributed by atoms with E-state index in [1.54, 1.807) is 23.9 Å². The molecule has 0 radical (unpaired) electrons. The van der Waals surface area contributed by atoms with Crippen LogP contribution in [-0.2, 0) is 11.2 Å². The van der Waals surface area contributed by atoms with Gasteiger partial charge in [0.05, 0.1) is 23.2 Å². The van der Waals surface area contributed by atoms with Crippen molar-refractivity contribution in [1.82, 2.24) is 0 Å². The summed E-state index contributed by atoms with van der Waals surface area (Å²) in [4.78, 5) is 13.4. The van der Waals surface area contributed by atoms with Gasteiger partial charge in [-0.05, 0) is 29.8 Å².